The molecule has 5 aliphatic rings. The molecular formula is C29H39FO4S. The number of halogens is 1. The van der Waals surface area contributed by atoms with Crippen LogP contribution >= 0.6 is 11.8 Å². The number of aliphatic hydroxyl groups is 1. The van der Waals surface area contributed by atoms with Gasteiger partial charge in [0.05, 0.1) is 11.0 Å². The van der Waals surface area contributed by atoms with E-state index in [9.17, 15) is 14.7 Å². The summed E-state index contributed by atoms with van der Waals surface area (Å²) in [6.45, 7) is 10.2. The van der Waals surface area contributed by atoms with Gasteiger partial charge in [-0.15, -0.1) is 11.8 Å². The number of hydrogen-bond acceptors (Lipinski definition) is 5. The second kappa shape index (κ2) is 8.31. The average Bonchev–Trinajstić information content (AvgIpc) is 3.21. The first-order valence-corrected chi connectivity index (χ1v) is 14.4. The molecule has 0 amide bonds. The van der Waals surface area contributed by atoms with Crippen LogP contribution in [-0.4, -0.2) is 39.8 Å². The van der Waals surface area contributed by atoms with Gasteiger partial charge >= 0.3 is 0 Å². The van der Waals surface area contributed by atoms with Crippen LogP contribution in [0, 0.1) is 28.6 Å². The fourth-order valence-corrected chi connectivity index (χ4v) is 9.55. The molecule has 1 aliphatic heterocycles. The zero-order chi connectivity index (χ0) is 25.4. The molecule has 1 spiro atoms. The SMILES string of the molecule is CCCSC1=C(CCC)OC2(C1=O)[C@@H](C)C[C@H]1[C@@H]3CCC4=CC(=O)C=C[C@]4(C)[C@@]3(F)[C@@H](O)C[C@@]12C. The van der Waals surface area contributed by atoms with E-state index in [0.29, 0.717) is 19.3 Å². The van der Waals surface area contributed by atoms with Crippen molar-refractivity contribution in [1.29, 1.82) is 0 Å². The molecule has 1 unspecified atom stereocenters. The normalized spacial score (nSPS) is 46.4. The number of alkyl halides is 1. The molecule has 8 atom stereocenters. The molecule has 4 nitrogen and oxygen atoms in total. The largest absolute Gasteiger partial charge is 0.481 e. The van der Waals surface area contributed by atoms with Crippen molar-refractivity contribution < 1.29 is 23.8 Å². The monoisotopic (exact) mass is 502 g/mol. The number of carbonyl (C=O) groups is 2. The minimum Gasteiger partial charge on any atom is -0.481 e. The molecule has 192 valence electrons. The Kier molecular flexibility index (Phi) is 5.99. The van der Waals surface area contributed by atoms with Gasteiger partial charge in [-0.3, -0.25) is 9.59 Å². The van der Waals surface area contributed by atoms with E-state index < -0.39 is 34.1 Å². The van der Waals surface area contributed by atoms with Crippen LogP contribution in [-0.2, 0) is 14.3 Å². The van der Waals surface area contributed by atoms with Gasteiger partial charge in [0.2, 0.25) is 5.78 Å². The highest BCUT2D eigenvalue weighted by Gasteiger charge is 2.78. The van der Waals surface area contributed by atoms with Crippen LogP contribution in [0.3, 0.4) is 0 Å². The van der Waals surface area contributed by atoms with E-state index in [1.165, 1.54) is 6.08 Å². The number of aliphatic hydroxyl groups excluding tert-OH is 1. The van der Waals surface area contributed by atoms with Crippen LogP contribution in [0.15, 0.2) is 34.5 Å². The number of carbonyl (C=O) groups excluding carboxylic acids is 2. The third-order valence-electron chi connectivity index (χ3n) is 10.2. The minimum atomic E-state index is -1.88. The van der Waals surface area contributed by atoms with Gasteiger partial charge in [0.1, 0.15) is 5.76 Å². The molecule has 1 N–H and O–H groups in total. The van der Waals surface area contributed by atoms with Crippen LogP contribution in [0.25, 0.3) is 0 Å². The van der Waals surface area contributed by atoms with Gasteiger partial charge in [-0.1, -0.05) is 39.3 Å². The summed E-state index contributed by atoms with van der Waals surface area (Å²) in [7, 11) is 0. The van der Waals surface area contributed by atoms with Crippen LogP contribution in [0.2, 0.25) is 0 Å². The highest BCUT2D eigenvalue weighted by atomic mass is 32.2. The van der Waals surface area contributed by atoms with E-state index in [4.69, 9.17) is 4.74 Å². The van der Waals surface area contributed by atoms with Crippen molar-refractivity contribution in [1.82, 2.24) is 0 Å². The van der Waals surface area contributed by atoms with Gasteiger partial charge in [-0.2, -0.15) is 0 Å². The quantitative estimate of drug-likeness (QED) is 0.492. The third-order valence-corrected chi connectivity index (χ3v) is 11.5. The summed E-state index contributed by atoms with van der Waals surface area (Å²) in [6, 6.07) is 0. The van der Waals surface area contributed by atoms with Gasteiger partial charge in [-0.05, 0) is 69.3 Å². The number of thioether (sulfide) groups is 1. The Bertz CT molecular complexity index is 1050. The predicted octanol–water partition coefficient (Wildman–Crippen LogP) is 6.10. The molecule has 0 aromatic heterocycles. The van der Waals surface area contributed by atoms with Crippen molar-refractivity contribution in [2.24, 2.45) is 28.6 Å². The van der Waals surface area contributed by atoms with E-state index in [0.717, 1.165) is 41.3 Å². The number of ketones is 2. The topological polar surface area (TPSA) is 63.6 Å². The molecule has 3 saturated carbocycles. The highest BCUT2D eigenvalue weighted by Crippen LogP contribution is 2.73. The van der Waals surface area contributed by atoms with Crippen molar-refractivity contribution in [3.63, 3.8) is 0 Å². The molecule has 35 heavy (non-hydrogen) atoms. The van der Waals surface area contributed by atoms with E-state index in [2.05, 4.69) is 27.7 Å². The number of ether oxygens (including phenoxy) is 1. The fourth-order valence-electron chi connectivity index (χ4n) is 8.56. The Balaban J connectivity index is 1.57. The molecule has 3 fully saturated rings. The van der Waals surface area contributed by atoms with Crippen LogP contribution in [0.1, 0.15) is 79.6 Å². The first-order chi connectivity index (χ1) is 16.5. The molecule has 0 aromatic rings. The van der Waals surface area contributed by atoms with E-state index in [1.807, 2.05) is 6.92 Å². The predicted molar refractivity (Wildman–Crippen MR) is 136 cm³/mol. The van der Waals surface area contributed by atoms with Gasteiger partial charge in [0.15, 0.2) is 17.1 Å². The van der Waals surface area contributed by atoms with Gasteiger partial charge in [-0.25, -0.2) is 4.39 Å². The third kappa shape index (κ3) is 3.02. The molecule has 0 aromatic carbocycles. The molecule has 0 bridgehead atoms. The highest BCUT2D eigenvalue weighted by molar-refractivity contribution is 8.04. The first-order valence-electron chi connectivity index (χ1n) is 13.4. The lowest BCUT2D eigenvalue weighted by Gasteiger charge is -2.62. The summed E-state index contributed by atoms with van der Waals surface area (Å²) in [5.74, 6) is 1.04. The number of hydrogen-bond donors (Lipinski definition) is 1. The smallest absolute Gasteiger partial charge is 0.216 e. The van der Waals surface area contributed by atoms with Gasteiger partial charge in [0, 0.05) is 29.1 Å². The molecule has 4 aliphatic carbocycles. The second-order valence-electron chi connectivity index (χ2n) is 11.9. The van der Waals surface area contributed by atoms with E-state index >= 15 is 4.39 Å². The molecule has 1 heterocycles. The Labute approximate surface area is 212 Å². The van der Waals surface area contributed by atoms with Crippen molar-refractivity contribution in [2.75, 3.05) is 5.75 Å². The standard InChI is InChI=1S/C29H39FO4S/c1-6-8-22-24(35-13-7-2)25(33)29(34-22)17(3)14-21-20-10-9-18-15-19(31)11-12-26(18,4)28(20,30)23(32)16-27(21,29)5/h11-12,15,17,20-21,23,32H,6-10,13-14,16H2,1-5H3/t17-,20-,21-,23-,26-,27-,28-,29?/m0/s1. The summed E-state index contributed by atoms with van der Waals surface area (Å²) in [4.78, 5) is 27.1. The molecule has 0 saturated heterocycles. The van der Waals surface area contributed by atoms with Gasteiger partial charge < -0.3 is 9.84 Å². The molecule has 0 radical (unpaired) electrons. The summed E-state index contributed by atoms with van der Waals surface area (Å²) < 4.78 is 24.2. The summed E-state index contributed by atoms with van der Waals surface area (Å²) in [5.41, 5.74) is -3.83. The number of allylic oxidation sites excluding steroid dienone is 5. The Hall–Kier alpha value is -1.40. The zero-order valence-electron chi connectivity index (χ0n) is 21.7. The molecule has 5 rings (SSSR count). The number of Topliss-reactive ketones (excluding diaryl/α,β-unsaturated/α-hetero) is 1. The Morgan fingerprint density at radius 2 is 1.94 bits per heavy atom. The van der Waals surface area contributed by atoms with E-state index in [-0.39, 0.29) is 29.8 Å². The van der Waals surface area contributed by atoms with Crippen LogP contribution in [0.4, 0.5) is 4.39 Å². The van der Waals surface area contributed by atoms with E-state index in [1.54, 1.807) is 23.9 Å². The van der Waals surface area contributed by atoms with Crippen LogP contribution in [0.5, 0.6) is 0 Å². The van der Waals surface area contributed by atoms with Crippen molar-refractivity contribution in [3.8, 4) is 0 Å². The lowest BCUT2D eigenvalue weighted by atomic mass is 9.44. The zero-order valence-corrected chi connectivity index (χ0v) is 22.5. The van der Waals surface area contributed by atoms with Crippen molar-refractivity contribution >= 4 is 23.3 Å². The van der Waals surface area contributed by atoms with Gasteiger partial charge in [0.25, 0.3) is 0 Å². The van der Waals surface area contributed by atoms with Crippen molar-refractivity contribution in [2.45, 2.75) is 96.9 Å². The Morgan fingerprint density at radius 3 is 2.63 bits per heavy atom. The summed E-state index contributed by atoms with van der Waals surface area (Å²) in [6.07, 6.45) is 8.12. The minimum absolute atomic E-state index is 0.0567. The van der Waals surface area contributed by atoms with Crippen molar-refractivity contribution in [3.05, 3.63) is 34.5 Å². The maximum Gasteiger partial charge on any atom is 0.216 e. The van der Waals surface area contributed by atoms with Crippen LogP contribution < -0.4 is 0 Å². The molecule has 6 heteroatoms. The first kappa shape index (κ1) is 25.3. The summed E-state index contributed by atoms with van der Waals surface area (Å²) >= 11 is 1.60. The Morgan fingerprint density at radius 1 is 1.20 bits per heavy atom. The second-order valence-corrected chi connectivity index (χ2v) is 13.0. The number of fused-ring (bicyclic) bond motifs is 6. The average molecular weight is 503 g/mol. The lowest BCUT2D eigenvalue weighted by Crippen LogP contribution is -2.69. The number of rotatable bonds is 5. The summed E-state index contributed by atoms with van der Waals surface area (Å²) in [5, 5.41) is 11.6. The molecular weight excluding hydrogens is 463 g/mol. The fraction of sp³-hybridized carbons (Fsp3) is 0.724. The lowest BCUT2D eigenvalue weighted by molar-refractivity contribution is -0.218. The maximum atomic E-state index is 17.4. The maximum absolute atomic E-state index is 17.4.